The van der Waals surface area contributed by atoms with Gasteiger partial charge in [-0.15, -0.1) is 0 Å². The van der Waals surface area contributed by atoms with Crippen LogP contribution in [0.25, 0.3) is 0 Å². The van der Waals surface area contributed by atoms with Gasteiger partial charge in [-0.25, -0.2) is 10.0 Å². The molecule has 1 heterocycles. The van der Waals surface area contributed by atoms with Crippen molar-refractivity contribution in [2.75, 3.05) is 38.5 Å². The number of carbonyl (C=O) groups is 2. The van der Waals surface area contributed by atoms with Crippen molar-refractivity contribution in [2.45, 2.75) is 19.4 Å². The summed E-state index contributed by atoms with van der Waals surface area (Å²) in [6, 6.07) is 8.46. The molecule has 0 bridgehead atoms. The lowest BCUT2D eigenvalue weighted by Crippen LogP contribution is -2.58. The van der Waals surface area contributed by atoms with Gasteiger partial charge in [-0.3, -0.25) is 15.0 Å². The Kier molecular flexibility index (Phi) is 7.36. The van der Waals surface area contributed by atoms with Crippen LogP contribution in [0.4, 0.5) is 5.69 Å². The van der Waals surface area contributed by atoms with Gasteiger partial charge in [0.2, 0.25) is 5.84 Å². The molecule has 0 saturated carbocycles. The minimum Gasteiger partial charge on any atom is -0.382 e. The van der Waals surface area contributed by atoms with E-state index >= 15 is 0 Å². The Morgan fingerprint density at radius 3 is 2.76 bits per heavy atom. The summed E-state index contributed by atoms with van der Waals surface area (Å²) in [6.07, 6.45) is 0.680. The first-order valence-electron chi connectivity index (χ1n) is 8.22. The highest BCUT2D eigenvalue weighted by molar-refractivity contribution is 6.39. The number of rotatable bonds is 9. The zero-order valence-electron chi connectivity index (χ0n) is 14.5. The number of hydrogen-bond donors (Lipinski definition) is 2. The summed E-state index contributed by atoms with van der Waals surface area (Å²) in [5.41, 5.74) is 3.45. The molecule has 2 rings (SSSR count). The fourth-order valence-electron chi connectivity index (χ4n) is 2.21. The van der Waals surface area contributed by atoms with Gasteiger partial charge in [0.05, 0.1) is 18.9 Å². The van der Waals surface area contributed by atoms with E-state index in [1.807, 2.05) is 18.2 Å². The molecule has 0 spiro atoms. The summed E-state index contributed by atoms with van der Waals surface area (Å²) < 4.78 is 10.2. The van der Waals surface area contributed by atoms with E-state index in [4.69, 9.17) is 9.47 Å². The second kappa shape index (κ2) is 9.75. The van der Waals surface area contributed by atoms with Crippen LogP contribution < -0.4 is 15.8 Å². The predicted octanol–water partition coefficient (Wildman–Crippen LogP) is 0.494. The van der Waals surface area contributed by atoms with Gasteiger partial charge in [-0.05, 0) is 25.5 Å². The van der Waals surface area contributed by atoms with Crippen LogP contribution in [0.1, 0.15) is 13.3 Å². The first-order chi connectivity index (χ1) is 12.1. The van der Waals surface area contributed by atoms with Crippen molar-refractivity contribution in [3.63, 3.8) is 0 Å². The third-order valence-electron chi connectivity index (χ3n) is 3.53. The van der Waals surface area contributed by atoms with E-state index in [0.29, 0.717) is 38.5 Å². The Balaban J connectivity index is 1.85. The van der Waals surface area contributed by atoms with Crippen LogP contribution in [-0.4, -0.2) is 57.2 Å². The van der Waals surface area contributed by atoms with Crippen molar-refractivity contribution in [3.05, 3.63) is 30.3 Å². The first-order valence-corrected chi connectivity index (χ1v) is 8.22. The lowest BCUT2D eigenvalue weighted by atomic mass is 10.2. The van der Waals surface area contributed by atoms with Crippen LogP contribution in [0.2, 0.25) is 0 Å². The zero-order valence-corrected chi connectivity index (χ0v) is 14.5. The largest absolute Gasteiger partial charge is 0.382 e. The highest BCUT2D eigenvalue weighted by Crippen LogP contribution is 2.15. The number of benzene rings is 1. The van der Waals surface area contributed by atoms with E-state index < -0.39 is 6.04 Å². The monoisotopic (exact) mass is 348 g/mol. The van der Waals surface area contributed by atoms with Gasteiger partial charge in [0, 0.05) is 20.3 Å². The third-order valence-corrected chi connectivity index (χ3v) is 3.53. The van der Waals surface area contributed by atoms with Crippen molar-refractivity contribution < 1.29 is 19.1 Å². The molecule has 0 aromatic heterocycles. The van der Waals surface area contributed by atoms with Crippen molar-refractivity contribution >= 4 is 23.3 Å². The van der Waals surface area contributed by atoms with Crippen LogP contribution in [0.5, 0.6) is 0 Å². The number of para-hydroxylation sites is 1. The molecule has 8 heteroatoms. The molecule has 1 aromatic rings. The Hall–Kier alpha value is -2.45. The van der Waals surface area contributed by atoms with Crippen molar-refractivity contribution in [3.8, 4) is 0 Å². The van der Waals surface area contributed by atoms with Gasteiger partial charge >= 0.3 is 0 Å². The molecule has 0 aliphatic carbocycles. The number of amides is 2. The Labute approximate surface area is 147 Å². The third kappa shape index (κ3) is 5.54. The molecule has 1 aromatic carbocycles. The molecule has 1 aliphatic heterocycles. The van der Waals surface area contributed by atoms with E-state index in [0.717, 1.165) is 0 Å². The summed E-state index contributed by atoms with van der Waals surface area (Å²) in [5, 5.41) is 4.12. The number of anilines is 1. The number of methoxy groups -OCH3 is 1. The normalized spacial score (nSPS) is 17.0. The minimum atomic E-state index is -0.625. The van der Waals surface area contributed by atoms with Gasteiger partial charge in [0.25, 0.3) is 11.8 Å². The molecule has 8 nitrogen and oxygen atoms in total. The number of hydrazine groups is 1. The van der Waals surface area contributed by atoms with Crippen molar-refractivity contribution in [1.29, 1.82) is 0 Å². The molecule has 0 radical (unpaired) electrons. The van der Waals surface area contributed by atoms with E-state index in [9.17, 15) is 9.59 Å². The lowest BCUT2D eigenvalue weighted by molar-refractivity contribution is -0.120. The predicted molar refractivity (Wildman–Crippen MR) is 94.3 cm³/mol. The van der Waals surface area contributed by atoms with E-state index in [-0.39, 0.29) is 17.6 Å². The summed E-state index contributed by atoms with van der Waals surface area (Å²) in [5.74, 6) is -0.442. The maximum absolute atomic E-state index is 12.3. The zero-order chi connectivity index (χ0) is 18.1. The molecule has 1 aliphatic rings. The molecule has 25 heavy (non-hydrogen) atoms. The number of aliphatic imine (C=N–C) groups is 1. The van der Waals surface area contributed by atoms with E-state index in [1.54, 1.807) is 26.2 Å². The molecule has 0 saturated heterocycles. The standard InChI is InChI=1S/C17H24N4O4/c1-13-17(23)21(14-7-4-3-5-8-14)20-15(19-13)16(22)18-9-6-10-25-12-11-24-2/h3-5,7-8,13H,6,9-12H2,1-2H3,(H,18,22)(H,19,20)/t13-/m0/s1. The minimum absolute atomic E-state index is 0.122. The van der Waals surface area contributed by atoms with E-state index in [1.165, 1.54) is 5.01 Å². The molecule has 0 unspecified atom stereocenters. The molecular weight excluding hydrogens is 324 g/mol. The van der Waals surface area contributed by atoms with Crippen LogP contribution >= 0.6 is 0 Å². The Morgan fingerprint density at radius 1 is 1.28 bits per heavy atom. The average molecular weight is 348 g/mol. The summed E-state index contributed by atoms with van der Waals surface area (Å²) in [4.78, 5) is 28.7. The van der Waals surface area contributed by atoms with E-state index in [2.05, 4.69) is 15.7 Å². The number of nitrogens with zero attached hydrogens (tertiary/aromatic N) is 2. The van der Waals surface area contributed by atoms with Gasteiger partial charge < -0.3 is 14.8 Å². The van der Waals surface area contributed by atoms with Crippen molar-refractivity contribution in [2.24, 2.45) is 4.99 Å². The van der Waals surface area contributed by atoms with Crippen LogP contribution in [-0.2, 0) is 19.1 Å². The molecule has 1 atom stereocenters. The molecule has 0 fully saturated rings. The highest BCUT2D eigenvalue weighted by atomic mass is 16.5. The maximum atomic E-state index is 12.3. The maximum Gasteiger partial charge on any atom is 0.288 e. The Morgan fingerprint density at radius 2 is 2.04 bits per heavy atom. The average Bonchev–Trinajstić information content (AvgIpc) is 2.63. The van der Waals surface area contributed by atoms with Crippen LogP contribution in [0, 0.1) is 0 Å². The van der Waals surface area contributed by atoms with Crippen molar-refractivity contribution in [1.82, 2.24) is 10.7 Å². The first kappa shape index (κ1) is 18.9. The van der Waals surface area contributed by atoms with Gasteiger partial charge in [-0.1, -0.05) is 18.2 Å². The number of ether oxygens (including phenoxy) is 2. The Bertz CT molecular complexity index is 606. The number of nitrogens with one attached hydrogen (secondary N) is 2. The molecule has 2 N–H and O–H groups in total. The second-order valence-corrected chi connectivity index (χ2v) is 5.49. The van der Waals surface area contributed by atoms with Crippen LogP contribution in [0.15, 0.2) is 35.3 Å². The highest BCUT2D eigenvalue weighted by Gasteiger charge is 2.30. The summed E-state index contributed by atoms with van der Waals surface area (Å²) in [7, 11) is 1.62. The smallest absolute Gasteiger partial charge is 0.288 e. The van der Waals surface area contributed by atoms with Gasteiger partial charge in [0.15, 0.2) is 0 Å². The van der Waals surface area contributed by atoms with Gasteiger partial charge in [0.1, 0.15) is 6.04 Å². The SMILES string of the molecule is COCCOCCCNC(=O)C1=N[C@@H](C)C(=O)N(c2ccccc2)N1. The molecule has 2 amide bonds. The molecule has 136 valence electrons. The summed E-state index contributed by atoms with van der Waals surface area (Å²) >= 11 is 0. The second-order valence-electron chi connectivity index (χ2n) is 5.49. The lowest BCUT2D eigenvalue weighted by Gasteiger charge is -2.30. The molecular formula is C17H24N4O4. The number of carbonyl (C=O) groups excluding carboxylic acids is 2. The quantitative estimate of drug-likeness (QED) is 0.634. The van der Waals surface area contributed by atoms with Crippen LogP contribution in [0.3, 0.4) is 0 Å². The summed E-state index contributed by atoms with van der Waals surface area (Å²) in [6.45, 7) is 3.74. The topological polar surface area (TPSA) is 92.3 Å². The van der Waals surface area contributed by atoms with Gasteiger partial charge in [-0.2, -0.15) is 0 Å². The fraction of sp³-hybridized carbons (Fsp3) is 0.471. The fourth-order valence-corrected chi connectivity index (χ4v) is 2.21. The number of amidine groups is 1. The number of hydrogen-bond acceptors (Lipinski definition) is 6.